The average molecular weight is 237 g/mol. The minimum absolute atomic E-state index is 0.0879. The molecule has 90 valence electrons. The molecule has 0 aromatic heterocycles. The molecule has 1 aromatic carbocycles. The van der Waals surface area contributed by atoms with Gasteiger partial charge in [0.25, 0.3) is 0 Å². The van der Waals surface area contributed by atoms with Gasteiger partial charge in [-0.2, -0.15) is 0 Å². The number of benzene rings is 1. The summed E-state index contributed by atoms with van der Waals surface area (Å²) in [6, 6.07) is 3.89. The van der Waals surface area contributed by atoms with Crippen molar-refractivity contribution in [3.63, 3.8) is 0 Å². The van der Waals surface area contributed by atoms with Crippen molar-refractivity contribution in [2.24, 2.45) is 0 Å². The van der Waals surface area contributed by atoms with Crippen LogP contribution in [-0.4, -0.2) is 25.5 Å². The summed E-state index contributed by atoms with van der Waals surface area (Å²) in [7, 11) is 1.27. The first-order valence-electron chi connectivity index (χ1n) is 5.26. The highest BCUT2D eigenvalue weighted by atomic mass is 19.1. The lowest BCUT2D eigenvalue weighted by atomic mass is 9.93. The van der Waals surface area contributed by atoms with Crippen LogP contribution in [0.1, 0.15) is 28.3 Å². The Morgan fingerprint density at radius 3 is 2.88 bits per heavy atom. The molecule has 1 aliphatic rings. The Morgan fingerprint density at radius 1 is 1.53 bits per heavy atom. The summed E-state index contributed by atoms with van der Waals surface area (Å²) in [6.07, 6.45) is 0.271. The zero-order valence-corrected chi connectivity index (χ0v) is 9.33. The fourth-order valence-electron chi connectivity index (χ4n) is 1.99. The molecule has 1 aliphatic heterocycles. The van der Waals surface area contributed by atoms with Gasteiger partial charge in [-0.25, -0.2) is 9.18 Å². The Balaban J connectivity index is 2.39. The average Bonchev–Trinajstić information content (AvgIpc) is 2.75. The largest absolute Gasteiger partial charge is 0.465 e. The lowest BCUT2D eigenvalue weighted by Gasteiger charge is -2.12. The number of esters is 1. The van der Waals surface area contributed by atoms with E-state index in [1.165, 1.54) is 25.3 Å². The molecule has 5 heteroatoms. The maximum absolute atomic E-state index is 13.2. The van der Waals surface area contributed by atoms with Gasteiger partial charge in [-0.1, -0.05) is 0 Å². The molecule has 0 bridgehead atoms. The maximum atomic E-state index is 13.2. The van der Waals surface area contributed by atoms with Gasteiger partial charge in [0.2, 0.25) is 5.91 Å². The monoisotopic (exact) mass is 237 g/mol. The predicted molar refractivity (Wildman–Crippen MR) is 58.1 cm³/mol. The first kappa shape index (κ1) is 11.6. The van der Waals surface area contributed by atoms with E-state index in [9.17, 15) is 14.0 Å². The molecule has 17 heavy (non-hydrogen) atoms. The summed E-state index contributed by atoms with van der Waals surface area (Å²) < 4.78 is 17.8. The first-order valence-corrected chi connectivity index (χ1v) is 5.26. The molecule has 1 unspecified atom stereocenters. The van der Waals surface area contributed by atoms with Crippen molar-refractivity contribution in [2.45, 2.75) is 12.3 Å². The summed E-state index contributed by atoms with van der Waals surface area (Å²) in [4.78, 5) is 22.7. The van der Waals surface area contributed by atoms with Crippen molar-refractivity contribution in [1.29, 1.82) is 0 Å². The Labute approximate surface area is 97.8 Å². The van der Waals surface area contributed by atoms with E-state index in [0.717, 1.165) is 0 Å². The number of amides is 1. The molecule has 0 radical (unpaired) electrons. The normalized spacial score (nSPS) is 18.9. The molecular weight excluding hydrogens is 225 g/mol. The topological polar surface area (TPSA) is 55.4 Å². The van der Waals surface area contributed by atoms with Gasteiger partial charge in [0.05, 0.1) is 12.7 Å². The fraction of sp³-hybridized carbons (Fsp3) is 0.333. The second kappa shape index (κ2) is 4.53. The predicted octanol–water partition coefficient (Wildman–Crippen LogP) is 1.22. The number of rotatable bonds is 2. The van der Waals surface area contributed by atoms with Crippen LogP contribution in [-0.2, 0) is 9.53 Å². The highest BCUT2D eigenvalue weighted by molar-refractivity contribution is 5.92. The van der Waals surface area contributed by atoms with Gasteiger partial charge in [-0.15, -0.1) is 0 Å². The standard InChI is InChI=1S/C12H12FNO3/c1-17-12(16)9-3-2-8(13)5-10(9)7-4-11(15)14-6-7/h2-3,5,7H,4,6H2,1H3,(H,14,15). The number of hydrogen-bond donors (Lipinski definition) is 1. The first-order chi connectivity index (χ1) is 8.11. The van der Waals surface area contributed by atoms with E-state index in [0.29, 0.717) is 17.7 Å². The Morgan fingerprint density at radius 2 is 2.29 bits per heavy atom. The van der Waals surface area contributed by atoms with Gasteiger partial charge in [0.1, 0.15) is 5.82 Å². The Kier molecular flexibility index (Phi) is 3.08. The fourth-order valence-corrected chi connectivity index (χ4v) is 1.99. The number of carbonyl (C=O) groups is 2. The van der Waals surface area contributed by atoms with Crippen LogP contribution in [0.25, 0.3) is 0 Å². The van der Waals surface area contributed by atoms with Crippen molar-refractivity contribution in [1.82, 2.24) is 5.32 Å². The molecule has 0 spiro atoms. The third kappa shape index (κ3) is 2.27. The SMILES string of the molecule is COC(=O)c1ccc(F)cc1C1CNC(=O)C1. The number of methoxy groups -OCH3 is 1. The molecule has 1 fully saturated rings. The van der Waals surface area contributed by atoms with Crippen LogP contribution in [0.15, 0.2) is 18.2 Å². The second-order valence-electron chi connectivity index (χ2n) is 3.93. The quantitative estimate of drug-likeness (QED) is 0.787. The third-order valence-electron chi connectivity index (χ3n) is 2.84. The molecular formula is C12H12FNO3. The van der Waals surface area contributed by atoms with Crippen LogP contribution in [0, 0.1) is 5.82 Å². The van der Waals surface area contributed by atoms with Gasteiger partial charge in [0.15, 0.2) is 0 Å². The molecule has 1 atom stereocenters. The minimum atomic E-state index is -0.514. The van der Waals surface area contributed by atoms with Crippen LogP contribution >= 0.6 is 0 Å². The summed E-state index contributed by atoms with van der Waals surface area (Å²) in [6.45, 7) is 0.423. The zero-order chi connectivity index (χ0) is 12.4. The lowest BCUT2D eigenvalue weighted by molar-refractivity contribution is -0.119. The maximum Gasteiger partial charge on any atom is 0.338 e. The Bertz CT molecular complexity index is 473. The number of halogens is 1. The van der Waals surface area contributed by atoms with E-state index in [-0.39, 0.29) is 18.2 Å². The van der Waals surface area contributed by atoms with Crippen molar-refractivity contribution < 1.29 is 18.7 Å². The number of carbonyl (C=O) groups excluding carboxylic acids is 2. The van der Waals surface area contributed by atoms with E-state index in [2.05, 4.69) is 10.1 Å². The van der Waals surface area contributed by atoms with E-state index >= 15 is 0 Å². The number of hydrogen-bond acceptors (Lipinski definition) is 3. The lowest BCUT2D eigenvalue weighted by Crippen LogP contribution is -2.14. The molecule has 0 aliphatic carbocycles. The zero-order valence-electron chi connectivity index (χ0n) is 9.33. The third-order valence-corrected chi connectivity index (χ3v) is 2.84. The van der Waals surface area contributed by atoms with E-state index in [1.54, 1.807) is 0 Å². The van der Waals surface area contributed by atoms with Gasteiger partial charge in [0, 0.05) is 18.9 Å². The Hall–Kier alpha value is -1.91. The molecule has 1 heterocycles. The van der Waals surface area contributed by atoms with Gasteiger partial charge in [-0.3, -0.25) is 4.79 Å². The van der Waals surface area contributed by atoms with E-state index in [4.69, 9.17) is 0 Å². The minimum Gasteiger partial charge on any atom is -0.465 e. The van der Waals surface area contributed by atoms with Crippen LogP contribution in [0.5, 0.6) is 0 Å². The summed E-state index contributed by atoms with van der Waals surface area (Å²) in [5, 5.41) is 2.66. The summed E-state index contributed by atoms with van der Waals surface area (Å²) in [5.74, 6) is -1.20. The number of nitrogens with one attached hydrogen (secondary N) is 1. The van der Waals surface area contributed by atoms with E-state index in [1.807, 2.05) is 0 Å². The highest BCUT2D eigenvalue weighted by Crippen LogP contribution is 2.27. The molecule has 4 nitrogen and oxygen atoms in total. The van der Waals surface area contributed by atoms with Crippen molar-refractivity contribution in [2.75, 3.05) is 13.7 Å². The van der Waals surface area contributed by atoms with Gasteiger partial charge in [-0.05, 0) is 23.8 Å². The molecule has 1 aromatic rings. The smallest absolute Gasteiger partial charge is 0.338 e. The summed E-state index contributed by atoms with van der Waals surface area (Å²) in [5.41, 5.74) is 0.839. The number of ether oxygens (including phenoxy) is 1. The van der Waals surface area contributed by atoms with Crippen molar-refractivity contribution in [3.8, 4) is 0 Å². The van der Waals surface area contributed by atoms with Gasteiger partial charge < -0.3 is 10.1 Å². The van der Waals surface area contributed by atoms with Gasteiger partial charge >= 0.3 is 5.97 Å². The molecule has 1 amide bonds. The van der Waals surface area contributed by atoms with Crippen molar-refractivity contribution in [3.05, 3.63) is 35.1 Å². The molecule has 1 N–H and O–H groups in total. The highest BCUT2D eigenvalue weighted by Gasteiger charge is 2.27. The molecule has 0 saturated carbocycles. The second-order valence-corrected chi connectivity index (χ2v) is 3.93. The van der Waals surface area contributed by atoms with Crippen LogP contribution in [0.2, 0.25) is 0 Å². The van der Waals surface area contributed by atoms with Crippen LogP contribution in [0.4, 0.5) is 4.39 Å². The van der Waals surface area contributed by atoms with Crippen LogP contribution in [0.3, 0.4) is 0 Å². The van der Waals surface area contributed by atoms with Crippen molar-refractivity contribution >= 4 is 11.9 Å². The van der Waals surface area contributed by atoms with E-state index < -0.39 is 11.8 Å². The van der Waals surface area contributed by atoms with Crippen LogP contribution < -0.4 is 5.32 Å². The molecule has 1 saturated heterocycles. The molecule has 2 rings (SSSR count). The summed E-state index contributed by atoms with van der Waals surface area (Å²) >= 11 is 0.